The summed E-state index contributed by atoms with van der Waals surface area (Å²) >= 11 is 0.931. The van der Waals surface area contributed by atoms with Gasteiger partial charge in [-0.1, -0.05) is 6.92 Å². The van der Waals surface area contributed by atoms with Crippen LogP contribution in [0.2, 0.25) is 0 Å². The Bertz CT molecular complexity index is 303. The van der Waals surface area contributed by atoms with Gasteiger partial charge in [-0.3, -0.25) is 4.79 Å². The Labute approximate surface area is 91.3 Å². The molecule has 7 heteroatoms. The second kappa shape index (κ2) is 5.15. The highest BCUT2D eigenvalue weighted by Crippen LogP contribution is 2.09. The lowest BCUT2D eigenvalue weighted by Crippen LogP contribution is -2.53. The number of amides is 1. The zero-order valence-electron chi connectivity index (χ0n) is 8.30. The third-order valence-electron chi connectivity index (χ3n) is 2.25. The maximum Gasteiger partial charge on any atom is 0.273 e. The Morgan fingerprint density at radius 2 is 2.27 bits per heavy atom. The topological polar surface area (TPSA) is 95.3 Å². The van der Waals surface area contributed by atoms with Crippen molar-refractivity contribution in [1.82, 2.24) is 14.1 Å². The number of hydrogen-bond acceptors (Lipinski definition) is 6. The number of aliphatic hydroxyl groups excluding tert-OH is 2. The summed E-state index contributed by atoms with van der Waals surface area (Å²) in [6, 6.07) is 0. The molecular formula is C8H13N3O3S. The molecule has 0 radical (unpaired) electrons. The summed E-state index contributed by atoms with van der Waals surface area (Å²) in [7, 11) is 0. The van der Waals surface area contributed by atoms with E-state index in [2.05, 4.69) is 14.1 Å². The Balaban J connectivity index is 2.71. The highest BCUT2D eigenvalue weighted by molar-refractivity contribution is 6.99. The molecule has 0 bridgehead atoms. The molecule has 0 saturated heterocycles. The highest BCUT2D eigenvalue weighted by atomic mass is 32.1. The lowest BCUT2D eigenvalue weighted by atomic mass is 9.98. The van der Waals surface area contributed by atoms with Crippen molar-refractivity contribution in [3.63, 3.8) is 0 Å². The molecule has 1 heterocycles. The van der Waals surface area contributed by atoms with E-state index in [9.17, 15) is 4.79 Å². The number of aromatic nitrogens is 2. The van der Waals surface area contributed by atoms with Gasteiger partial charge in [-0.25, -0.2) is 0 Å². The van der Waals surface area contributed by atoms with Crippen LogP contribution in [0.1, 0.15) is 23.8 Å². The number of aliphatic hydroxyl groups is 2. The lowest BCUT2D eigenvalue weighted by Gasteiger charge is -2.29. The number of carbonyl (C=O) groups excluding carboxylic acids is 1. The molecule has 1 amide bonds. The van der Waals surface area contributed by atoms with Crippen LogP contribution in [-0.2, 0) is 0 Å². The summed E-state index contributed by atoms with van der Waals surface area (Å²) in [5.74, 6) is -0.436. The number of carbonyl (C=O) groups is 1. The van der Waals surface area contributed by atoms with Crippen LogP contribution in [0.5, 0.6) is 0 Å². The van der Waals surface area contributed by atoms with E-state index in [1.165, 1.54) is 6.20 Å². The summed E-state index contributed by atoms with van der Waals surface area (Å²) in [5.41, 5.74) is -0.791. The molecule has 0 aromatic carbocycles. The number of nitrogens with zero attached hydrogens (tertiary/aromatic N) is 2. The molecule has 3 N–H and O–H groups in total. The van der Waals surface area contributed by atoms with Crippen LogP contribution in [0.15, 0.2) is 6.20 Å². The van der Waals surface area contributed by atoms with Gasteiger partial charge >= 0.3 is 0 Å². The minimum absolute atomic E-state index is 0.194. The Kier molecular flexibility index (Phi) is 4.13. The minimum Gasteiger partial charge on any atom is -0.394 e. The van der Waals surface area contributed by atoms with E-state index >= 15 is 0 Å². The maximum atomic E-state index is 11.6. The molecule has 0 aliphatic heterocycles. The van der Waals surface area contributed by atoms with Crippen molar-refractivity contribution in [3.8, 4) is 0 Å². The number of rotatable bonds is 5. The third-order valence-corrected chi connectivity index (χ3v) is 2.73. The first-order chi connectivity index (χ1) is 7.17. The van der Waals surface area contributed by atoms with E-state index in [1.54, 1.807) is 6.92 Å². The van der Waals surface area contributed by atoms with Gasteiger partial charge in [-0.15, -0.1) is 0 Å². The monoisotopic (exact) mass is 231 g/mol. The van der Waals surface area contributed by atoms with Gasteiger partial charge in [-0.2, -0.15) is 8.75 Å². The smallest absolute Gasteiger partial charge is 0.273 e. The summed E-state index contributed by atoms with van der Waals surface area (Å²) in [6.45, 7) is 1.14. The van der Waals surface area contributed by atoms with Crippen LogP contribution in [0, 0.1) is 0 Å². The van der Waals surface area contributed by atoms with Gasteiger partial charge in [0.05, 0.1) is 36.7 Å². The van der Waals surface area contributed by atoms with E-state index < -0.39 is 11.4 Å². The van der Waals surface area contributed by atoms with Crippen molar-refractivity contribution in [2.45, 2.75) is 18.9 Å². The first kappa shape index (κ1) is 12.0. The summed E-state index contributed by atoms with van der Waals surface area (Å²) in [6.07, 6.45) is 1.78. The molecule has 1 aromatic rings. The van der Waals surface area contributed by atoms with Crippen molar-refractivity contribution >= 4 is 17.6 Å². The SMILES string of the molecule is CCC(CO)(CO)NC(=O)c1cnsn1. The molecule has 0 atom stereocenters. The van der Waals surface area contributed by atoms with E-state index in [1.807, 2.05) is 0 Å². The van der Waals surface area contributed by atoms with Gasteiger partial charge in [0, 0.05) is 0 Å². The summed E-state index contributed by atoms with van der Waals surface area (Å²) in [5, 5.41) is 20.8. The molecule has 15 heavy (non-hydrogen) atoms. The standard InChI is InChI=1S/C8H13N3O3S/c1-2-8(4-12,5-13)10-7(14)6-3-9-15-11-6/h3,12-13H,2,4-5H2,1H3,(H,10,14). The molecule has 0 aliphatic rings. The normalized spacial score (nSPS) is 11.4. The minimum atomic E-state index is -0.985. The number of hydrogen-bond donors (Lipinski definition) is 3. The van der Waals surface area contributed by atoms with Crippen LogP contribution < -0.4 is 5.32 Å². The van der Waals surface area contributed by atoms with Crippen LogP contribution >= 0.6 is 11.7 Å². The second-order valence-electron chi connectivity index (χ2n) is 3.20. The average Bonchev–Trinajstić information content (AvgIpc) is 2.79. The van der Waals surface area contributed by atoms with Gasteiger partial charge in [0.15, 0.2) is 5.69 Å². The molecule has 0 aliphatic carbocycles. The van der Waals surface area contributed by atoms with Crippen LogP contribution in [0.3, 0.4) is 0 Å². The van der Waals surface area contributed by atoms with Gasteiger partial charge in [0.1, 0.15) is 0 Å². The van der Waals surface area contributed by atoms with Gasteiger partial charge in [0.2, 0.25) is 0 Å². The molecule has 1 rings (SSSR count). The molecular weight excluding hydrogens is 218 g/mol. The fourth-order valence-corrected chi connectivity index (χ4v) is 1.42. The Hall–Kier alpha value is -1.05. The molecule has 6 nitrogen and oxygen atoms in total. The van der Waals surface area contributed by atoms with Gasteiger partial charge < -0.3 is 15.5 Å². The molecule has 0 spiro atoms. The Morgan fingerprint density at radius 1 is 1.60 bits per heavy atom. The molecule has 0 unspecified atom stereocenters. The largest absolute Gasteiger partial charge is 0.394 e. The molecule has 84 valence electrons. The van der Waals surface area contributed by atoms with E-state index in [4.69, 9.17) is 10.2 Å². The molecule has 1 aromatic heterocycles. The fraction of sp³-hybridized carbons (Fsp3) is 0.625. The number of nitrogens with one attached hydrogen (secondary N) is 1. The van der Waals surface area contributed by atoms with Crippen molar-refractivity contribution in [2.24, 2.45) is 0 Å². The van der Waals surface area contributed by atoms with Gasteiger partial charge in [0.25, 0.3) is 5.91 Å². The predicted octanol–water partition coefficient (Wildman–Crippen LogP) is -0.599. The first-order valence-electron chi connectivity index (χ1n) is 4.49. The third kappa shape index (κ3) is 2.71. The summed E-state index contributed by atoms with van der Waals surface area (Å²) in [4.78, 5) is 11.6. The quantitative estimate of drug-likeness (QED) is 0.629. The molecule has 0 saturated carbocycles. The average molecular weight is 231 g/mol. The predicted molar refractivity (Wildman–Crippen MR) is 54.6 cm³/mol. The van der Waals surface area contributed by atoms with Gasteiger partial charge in [-0.05, 0) is 6.42 Å². The zero-order chi connectivity index (χ0) is 11.3. The fourth-order valence-electron chi connectivity index (χ4n) is 1.01. The van der Waals surface area contributed by atoms with Crippen LogP contribution in [0.4, 0.5) is 0 Å². The lowest BCUT2D eigenvalue weighted by molar-refractivity contribution is 0.0650. The van der Waals surface area contributed by atoms with E-state index in [0.29, 0.717) is 6.42 Å². The van der Waals surface area contributed by atoms with Crippen molar-refractivity contribution in [1.29, 1.82) is 0 Å². The van der Waals surface area contributed by atoms with Crippen LogP contribution in [0.25, 0.3) is 0 Å². The highest BCUT2D eigenvalue weighted by Gasteiger charge is 2.29. The van der Waals surface area contributed by atoms with Crippen molar-refractivity contribution in [2.75, 3.05) is 13.2 Å². The van der Waals surface area contributed by atoms with E-state index in [0.717, 1.165) is 11.7 Å². The molecule has 0 fully saturated rings. The maximum absolute atomic E-state index is 11.6. The second-order valence-corrected chi connectivity index (χ2v) is 3.75. The first-order valence-corrected chi connectivity index (χ1v) is 5.22. The van der Waals surface area contributed by atoms with Crippen molar-refractivity contribution < 1.29 is 15.0 Å². The van der Waals surface area contributed by atoms with Crippen molar-refractivity contribution in [3.05, 3.63) is 11.9 Å². The summed E-state index contributed by atoms with van der Waals surface area (Å²) < 4.78 is 7.45. The zero-order valence-corrected chi connectivity index (χ0v) is 9.12. The Morgan fingerprint density at radius 3 is 2.67 bits per heavy atom. The van der Waals surface area contributed by atoms with E-state index in [-0.39, 0.29) is 18.9 Å². The van der Waals surface area contributed by atoms with Crippen LogP contribution in [-0.4, -0.2) is 43.6 Å².